The second-order valence-electron chi connectivity index (χ2n) is 6.74. The van der Waals surface area contributed by atoms with Gasteiger partial charge < -0.3 is 4.90 Å². The van der Waals surface area contributed by atoms with Crippen LogP contribution in [-0.4, -0.2) is 26.8 Å². The van der Waals surface area contributed by atoms with Crippen LogP contribution in [0.3, 0.4) is 0 Å². The Balaban J connectivity index is 1.72. The topological polar surface area (TPSA) is 46.1 Å². The van der Waals surface area contributed by atoms with Crippen LogP contribution in [0.5, 0.6) is 0 Å². The van der Waals surface area contributed by atoms with Crippen molar-refractivity contribution in [1.29, 1.82) is 0 Å². The van der Waals surface area contributed by atoms with Crippen LogP contribution in [0.25, 0.3) is 10.2 Å². The van der Waals surface area contributed by atoms with Gasteiger partial charge in [-0.05, 0) is 44.7 Å². The van der Waals surface area contributed by atoms with E-state index in [1.54, 1.807) is 0 Å². The van der Waals surface area contributed by atoms with Crippen molar-refractivity contribution in [1.82, 2.24) is 14.9 Å². The SMILES string of the molecule is Cc1nc(C)c2c(C)c(C(=O)N(Cc3ccccc3)C3CC3)sc2n1. The number of benzene rings is 1. The average molecular weight is 351 g/mol. The molecule has 5 heteroatoms. The highest BCUT2D eigenvalue weighted by atomic mass is 32.1. The van der Waals surface area contributed by atoms with Crippen LogP contribution in [0.4, 0.5) is 0 Å². The first-order chi connectivity index (χ1) is 12.0. The molecule has 4 nitrogen and oxygen atoms in total. The molecule has 0 spiro atoms. The number of amides is 1. The van der Waals surface area contributed by atoms with Gasteiger partial charge in [0.1, 0.15) is 10.7 Å². The number of fused-ring (bicyclic) bond motifs is 1. The van der Waals surface area contributed by atoms with E-state index in [1.807, 2.05) is 43.9 Å². The Labute approximate surface area is 151 Å². The number of hydrogen-bond donors (Lipinski definition) is 0. The van der Waals surface area contributed by atoms with Gasteiger partial charge in [-0.15, -0.1) is 11.3 Å². The van der Waals surface area contributed by atoms with E-state index in [0.717, 1.165) is 45.0 Å². The van der Waals surface area contributed by atoms with Crippen molar-refractivity contribution in [3.8, 4) is 0 Å². The molecular weight excluding hydrogens is 330 g/mol. The zero-order chi connectivity index (χ0) is 17.6. The third kappa shape index (κ3) is 3.04. The molecule has 0 unspecified atom stereocenters. The molecule has 1 saturated carbocycles. The molecule has 1 aliphatic rings. The molecule has 0 radical (unpaired) electrons. The number of thiophene rings is 1. The molecule has 1 amide bonds. The number of carbonyl (C=O) groups excluding carboxylic acids is 1. The Morgan fingerprint density at radius 1 is 1.16 bits per heavy atom. The molecule has 0 saturated heterocycles. The van der Waals surface area contributed by atoms with E-state index in [2.05, 4.69) is 22.1 Å². The second kappa shape index (κ2) is 6.23. The first-order valence-electron chi connectivity index (χ1n) is 8.64. The minimum atomic E-state index is 0.129. The summed E-state index contributed by atoms with van der Waals surface area (Å²) >= 11 is 1.50. The summed E-state index contributed by atoms with van der Waals surface area (Å²) in [5, 5.41) is 1.04. The van der Waals surface area contributed by atoms with Crippen molar-refractivity contribution in [2.75, 3.05) is 0 Å². The lowest BCUT2D eigenvalue weighted by Gasteiger charge is -2.22. The van der Waals surface area contributed by atoms with Crippen molar-refractivity contribution in [3.63, 3.8) is 0 Å². The number of rotatable bonds is 4. The van der Waals surface area contributed by atoms with E-state index in [-0.39, 0.29) is 5.91 Å². The first-order valence-corrected chi connectivity index (χ1v) is 9.45. The highest BCUT2D eigenvalue weighted by Gasteiger charge is 2.34. The highest BCUT2D eigenvalue weighted by Crippen LogP contribution is 2.35. The molecule has 0 atom stereocenters. The fraction of sp³-hybridized carbons (Fsp3) is 0.350. The van der Waals surface area contributed by atoms with Gasteiger partial charge in [-0.25, -0.2) is 9.97 Å². The number of aromatic nitrogens is 2. The fourth-order valence-electron chi connectivity index (χ4n) is 3.34. The van der Waals surface area contributed by atoms with E-state index in [4.69, 9.17) is 0 Å². The molecule has 25 heavy (non-hydrogen) atoms. The van der Waals surface area contributed by atoms with Crippen LogP contribution in [-0.2, 0) is 6.54 Å². The van der Waals surface area contributed by atoms with Gasteiger partial charge in [-0.1, -0.05) is 30.3 Å². The summed E-state index contributed by atoms with van der Waals surface area (Å²) in [6.45, 7) is 6.58. The summed E-state index contributed by atoms with van der Waals surface area (Å²) in [6.07, 6.45) is 2.20. The van der Waals surface area contributed by atoms with Crippen LogP contribution < -0.4 is 0 Å². The number of nitrogens with zero attached hydrogens (tertiary/aromatic N) is 3. The van der Waals surface area contributed by atoms with Crippen molar-refractivity contribution in [2.24, 2.45) is 0 Å². The Kier molecular flexibility index (Phi) is 4.04. The van der Waals surface area contributed by atoms with Gasteiger partial charge in [0, 0.05) is 23.7 Å². The summed E-state index contributed by atoms with van der Waals surface area (Å²) in [5.74, 6) is 0.887. The molecule has 2 aromatic heterocycles. The lowest BCUT2D eigenvalue weighted by Crippen LogP contribution is -2.32. The zero-order valence-electron chi connectivity index (χ0n) is 14.7. The number of hydrogen-bond acceptors (Lipinski definition) is 4. The summed E-state index contributed by atoms with van der Waals surface area (Å²) in [5.41, 5.74) is 3.14. The third-order valence-corrected chi connectivity index (χ3v) is 5.90. The number of carbonyl (C=O) groups is 1. The molecule has 0 N–H and O–H groups in total. The molecule has 1 fully saturated rings. The molecular formula is C20H21N3OS. The second-order valence-corrected chi connectivity index (χ2v) is 7.74. The maximum absolute atomic E-state index is 13.3. The van der Waals surface area contributed by atoms with Gasteiger partial charge in [0.25, 0.3) is 5.91 Å². The lowest BCUT2D eigenvalue weighted by atomic mass is 10.1. The summed E-state index contributed by atoms with van der Waals surface area (Å²) < 4.78 is 0. The van der Waals surface area contributed by atoms with Crippen LogP contribution in [0.15, 0.2) is 30.3 Å². The molecule has 128 valence electrons. The Morgan fingerprint density at radius 3 is 2.56 bits per heavy atom. The summed E-state index contributed by atoms with van der Waals surface area (Å²) in [4.78, 5) is 26.1. The van der Waals surface area contributed by atoms with Gasteiger partial charge in [0.05, 0.1) is 4.88 Å². The van der Waals surface area contributed by atoms with Crippen LogP contribution in [0, 0.1) is 20.8 Å². The van der Waals surface area contributed by atoms with E-state index in [9.17, 15) is 4.79 Å². The van der Waals surface area contributed by atoms with Gasteiger partial charge in [0.2, 0.25) is 0 Å². The highest BCUT2D eigenvalue weighted by molar-refractivity contribution is 7.20. The van der Waals surface area contributed by atoms with E-state index >= 15 is 0 Å². The zero-order valence-corrected chi connectivity index (χ0v) is 15.6. The first kappa shape index (κ1) is 16.2. The van der Waals surface area contributed by atoms with Crippen LogP contribution in [0.2, 0.25) is 0 Å². The minimum Gasteiger partial charge on any atom is -0.331 e. The van der Waals surface area contributed by atoms with Gasteiger partial charge in [-0.2, -0.15) is 0 Å². The van der Waals surface area contributed by atoms with E-state index in [1.165, 1.54) is 16.9 Å². The quantitative estimate of drug-likeness (QED) is 0.699. The van der Waals surface area contributed by atoms with Crippen LogP contribution in [0.1, 0.15) is 45.2 Å². The largest absolute Gasteiger partial charge is 0.331 e. The van der Waals surface area contributed by atoms with E-state index in [0.29, 0.717) is 12.6 Å². The Morgan fingerprint density at radius 2 is 1.88 bits per heavy atom. The lowest BCUT2D eigenvalue weighted by molar-refractivity contribution is 0.0734. The maximum Gasteiger partial charge on any atom is 0.264 e. The number of aryl methyl sites for hydroxylation is 3. The predicted octanol–water partition coefficient (Wildman–Crippen LogP) is 4.42. The molecule has 1 aliphatic carbocycles. The smallest absolute Gasteiger partial charge is 0.264 e. The summed E-state index contributed by atoms with van der Waals surface area (Å²) in [6, 6.07) is 10.6. The van der Waals surface area contributed by atoms with Gasteiger partial charge >= 0.3 is 0 Å². The molecule has 2 heterocycles. The maximum atomic E-state index is 13.3. The molecule has 0 bridgehead atoms. The van der Waals surface area contributed by atoms with Crippen LogP contribution >= 0.6 is 11.3 Å². The molecule has 1 aromatic carbocycles. The molecule has 0 aliphatic heterocycles. The summed E-state index contributed by atoms with van der Waals surface area (Å²) in [7, 11) is 0. The van der Waals surface area contributed by atoms with E-state index < -0.39 is 0 Å². The van der Waals surface area contributed by atoms with Crippen molar-refractivity contribution in [2.45, 2.75) is 46.2 Å². The average Bonchev–Trinajstić information content (AvgIpc) is 3.37. The standard InChI is InChI=1S/C20H21N3OS/c1-12-17-13(2)21-14(3)22-19(17)25-18(12)20(24)23(16-9-10-16)11-15-7-5-4-6-8-15/h4-8,16H,9-11H2,1-3H3. The Bertz CT molecular complexity index is 944. The molecule has 4 rings (SSSR count). The predicted molar refractivity (Wildman–Crippen MR) is 101 cm³/mol. The minimum absolute atomic E-state index is 0.129. The Hall–Kier alpha value is -2.27. The monoisotopic (exact) mass is 351 g/mol. The van der Waals surface area contributed by atoms with Crippen molar-refractivity contribution < 1.29 is 4.79 Å². The molecule has 3 aromatic rings. The van der Waals surface area contributed by atoms with Gasteiger partial charge in [-0.3, -0.25) is 4.79 Å². The third-order valence-electron chi connectivity index (χ3n) is 4.72. The van der Waals surface area contributed by atoms with Crippen molar-refractivity contribution >= 4 is 27.5 Å². The normalized spacial score (nSPS) is 14.0. The van der Waals surface area contributed by atoms with Gasteiger partial charge in [0.15, 0.2) is 0 Å². The fourth-order valence-corrected chi connectivity index (χ4v) is 4.57. The van der Waals surface area contributed by atoms with Crippen molar-refractivity contribution in [3.05, 3.63) is 57.9 Å².